The lowest BCUT2D eigenvalue weighted by molar-refractivity contribution is -0.129. The Kier molecular flexibility index (Phi) is 6.18. The van der Waals surface area contributed by atoms with Crippen molar-refractivity contribution in [2.75, 3.05) is 13.1 Å². The van der Waals surface area contributed by atoms with Crippen LogP contribution in [0.2, 0.25) is 10.0 Å². The maximum Gasteiger partial charge on any atom is 0.253 e. The molecule has 34 heavy (non-hydrogen) atoms. The van der Waals surface area contributed by atoms with Crippen molar-refractivity contribution in [3.05, 3.63) is 69.2 Å². The monoisotopic (exact) mass is 498 g/mol. The normalized spacial score (nSPS) is 33.0. The fourth-order valence-corrected chi connectivity index (χ4v) is 7.22. The Labute approximate surface area is 212 Å². The first kappa shape index (κ1) is 23.7. The average molecular weight is 499 g/mol. The number of rotatable bonds is 3. The van der Waals surface area contributed by atoms with Crippen LogP contribution in [0.25, 0.3) is 0 Å². The minimum Gasteiger partial charge on any atom is -0.353 e. The molecule has 6 heteroatoms. The summed E-state index contributed by atoms with van der Waals surface area (Å²) in [5.41, 5.74) is 2.48. The van der Waals surface area contributed by atoms with Crippen molar-refractivity contribution in [1.82, 2.24) is 10.2 Å². The summed E-state index contributed by atoms with van der Waals surface area (Å²) in [4.78, 5) is 27.9. The van der Waals surface area contributed by atoms with Crippen LogP contribution < -0.4 is 5.32 Å². The fourth-order valence-electron chi connectivity index (χ4n) is 6.77. The van der Waals surface area contributed by atoms with Gasteiger partial charge >= 0.3 is 0 Å². The van der Waals surface area contributed by atoms with Gasteiger partial charge in [0, 0.05) is 40.7 Å². The Balaban J connectivity index is 1.52. The topological polar surface area (TPSA) is 49.4 Å². The van der Waals surface area contributed by atoms with Crippen LogP contribution in [0.3, 0.4) is 0 Å². The van der Waals surface area contributed by atoms with E-state index in [-0.39, 0.29) is 35.6 Å². The summed E-state index contributed by atoms with van der Waals surface area (Å²) in [7, 11) is 0. The molecule has 1 aliphatic carbocycles. The average Bonchev–Trinajstić information content (AvgIpc) is 3.34. The second-order valence-corrected chi connectivity index (χ2v) is 11.7. The molecule has 5 rings (SSSR count). The van der Waals surface area contributed by atoms with Gasteiger partial charge in [0.25, 0.3) is 5.91 Å². The van der Waals surface area contributed by atoms with E-state index in [4.69, 9.17) is 23.2 Å². The van der Waals surface area contributed by atoms with Crippen molar-refractivity contribution >= 4 is 35.0 Å². The molecule has 2 aromatic rings. The number of likely N-dealkylation sites (tertiary alicyclic amines) is 1. The number of fused-ring (bicyclic) bond motifs is 1. The first-order chi connectivity index (χ1) is 16.2. The maximum absolute atomic E-state index is 13.0. The summed E-state index contributed by atoms with van der Waals surface area (Å²) >= 11 is 13.1. The lowest BCUT2D eigenvalue weighted by Crippen LogP contribution is -2.42. The van der Waals surface area contributed by atoms with Crippen LogP contribution >= 0.6 is 23.2 Å². The van der Waals surface area contributed by atoms with E-state index in [1.54, 1.807) is 0 Å². The number of amides is 2. The number of carbonyl (C=O) groups excluding carboxylic acids is 2. The standard InChI is InChI=1S/C28H32Cl2N2O2/c1-16-11-13-32(15-16)26(33)19-6-9-21(23(30)14-19)22-10-12-28(3)25(17(2)31-27(28)34)24(22)18-4-7-20(29)8-5-18/h4-9,14,16-17,22,24-25H,10-13,15H2,1-3H3,(H,31,34)/t16?,17-,22+,24+,25+,28-/m1/s1. The Hall–Kier alpha value is -2.04. The van der Waals surface area contributed by atoms with Gasteiger partial charge in [0.2, 0.25) is 5.91 Å². The zero-order valence-corrected chi connectivity index (χ0v) is 21.5. The minimum atomic E-state index is -0.408. The Morgan fingerprint density at radius 2 is 1.82 bits per heavy atom. The van der Waals surface area contributed by atoms with Crippen molar-refractivity contribution in [3.8, 4) is 0 Å². The molecule has 180 valence electrons. The van der Waals surface area contributed by atoms with Crippen LogP contribution in [0.4, 0.5) is 0 Å². The van der Waals surface area contributed by atoms with Crippen molar-refractivity contribution in [2.24, 2.45) is 17.3 Å². The van der Waals surface area contributed by atoms with Gasteiger partial charge in [0.15, 0.2) is 0 Å². The number of nitrogens with one attached hydrogen (secondary N) is 1. The van der Waals surface area contributed by atoms with Crippen molar-refractivity contribution in [1.29, 1.82) is 0 Å². The van der Waals surface area contributed by atoms with Crippen LogP contribution in [0, 0.1) is 17.3 Å². The Morgan fingerprint density at radius 1 is 1.09 bits per heavy atom. The second kappa shape index (κ2) is 8.87. The first-order valence-electron chi connectivity index (χ1n) is 12.3. The molecule has 2 aliphatic heterocycles. The van der Waals surface area contributed by atoms with E-state index in [1.807, 2.05) is 35.2 Å². The molecule has 0 radical (unpaired) electrons. The molecule has 3 aliphatic rings. The van der Waals surface area contributed by atoms with E-state index in [2.05, 4.69) is 38.2 Å². The zero-order chi connectivity index (χ0) is 24.2. The molecule has 1 N–H and O–H groups in total. The SMILES string of the molecule is CC1CCN(C(=O)c2ccc([C@@H]3CC[C@@]4(C)C(=O)N[C@H](C)[C@H]4[C@H]3c3ccc(Cl)cc3)c(Cl)c2)C1. The van der Waals surface area contributed by atoms with Gasteiger partial charge in [-0.05, 0) is 79.3 Å². The molecule has 0 aromatic heterocycles. The number of carbonyl (C=O) groups is 2. The largest absolute Gasteiger partial charge is 0.353 e. The van der Waals surface area contributed by atoms with Gasteiger partial charge in [0.1, 0.15) is 0 Å². The van der Waals surface area contributed by atoms with E-state index in [0.29, 0.717) is 21.5 Å². The number of nitrogens with zero attached hydrogens (tertiary/aromatic N) is 1. The third kappa shape index (κ3) is 3.93. The second-order valence-electron chi connectivity index (χ2n) is 10.8. The van der Waals surface area contributed by atoms with E-state index in [0.717, 1.165) is 37.9 Å². The van der Waals surface area contributed by atoms with E-state index in [9.17, 15) is 9.59 Å². The molecular weight excluding hydrogens is 467 g/mol. The quantitative estimate of drug-likeness (QED) is 0.541. The first-order valence-corrected chi connectivity index (χ1v) is 13.1. The number of hydrogen-bond acceptors (Lipinski definition) is 2. The van der Waals surface area contributed by atoms with Crippen molar-refractivity contribution in [3.63, 3.8) is 0 Å². The predicted octanol–water partition coefficient (Wildman–Crippen LogP) is 6.28. The van der Waals surface area contributed by atoms with E-state index in [1.165, 1.54) is 5.56 Å². The third-order valence-electron chi connectivity index (χ3n) is 8.56. The molecule has 0 bridgehead atoms. The van der Waals surface area contributed by atoms with Crippen LogP contribution in [0.5, 0.6) is 0 Å². The number of halogens is 2. The lowest BCUT2D eigenvalue weighted by Gasteiger charge is -2.46. The molecule has 2 heterocycles. The zero-order valence-electron chi connectivity index (χ0n) is 20.0. The van der Waals surface area contributed by atoms with Gasteiger partial charge in [-0.15, -0.1) is 0 Å². The molecule has 2 amide bonds. The molecule has 2 saturated heterocycles. The summed E-state index contributed by atoms with van der Waals surface area (Å²) < 4.78 is 0. The van der Waals surface area contributed by atoms with Crippen LogP contribution in [-0.2, 0) is 4.79 Å². The van der Waals surface area contributed by atoms with Crippen LogP contribution in [0.1, 0.15) is 73.4 Å². The highest BCUT2D eigenvalue weighted by molar-refractivity contribution is 6.32. The third-order valence-corrected chi connectivity index (χ3v) is 9.14. The van der Waals surface area contributed by atoms with Gasteiger partial charge in [-0.3, -0.25) is 9.59 Å². The molecule has 1 unspecified atom stereocenters. The van der Waals surface area contributed by atoms with E-state index >= 15 is 0 Å². The predicted molar refractivity (Wildman–Crippen MR) is 137 cm³/mol. The van der Waals surface area contributed by atoms with Gasteiger partial charge in [-0.1, -0.05) is 55.2 Å². The molecule has 3 fully saturated rings. The van der Waals surface area contributed by atoms with Gasteiger partial charge < -0.3 is 10.2 Å². The highest BCUT2D eigenvalue weighted by Gasteiger charge is 2.57. The molecule has 6 atom stereocenters. The van der Waals surface area contributed by atoms with Crippen LogP contribution in [0.15, 0.2) is 42.5 Å². The minimum absolute atomic E-state index is 0.0579. The summed E-state index contributed by atoms with van der Waals surface area (Å²) in [5.74, 6) is 1.15. The van der Waals surface area contributed by atoms with E-state index < -0.39 is 5.41 Å². The van der Waals surface area contributed by atoms with Crippen molar-refractivity contribution < 1.29 is 9.59 Å². The van der Waals surface area contributed by atoms with Gasteiger partial charge in [-0.25, -0.2) is 0 Å². The molecular formula is C28H32Cl2N2O2. The summed E-state index contributed by atoms with van der Waals surface area (Å²) in [6.07, 6.45) is 2.72. The molecule has 1 saturated carbocycles. The van der Waals surface area contributed by atoms with Gasteiger partial charge in [-0.2, -0.15) is 0 Å². The summed E-state index contributed by atoms with van der Waals surface area (Å²) in [6, 6.07) is 13.9. The molecule has 4 nitrogen and oxygen atoms in total. The highest BCUT2D eigenvalue weighted by Crippen LogP contribution is 2.59. The fraction of sp³-hybridized carbons (Fsp3) is 0.500. The molecule has 0 spiro atoms. The smallest absolute Gasteiger partial charge is 0.253 e. The highest BCUT2D eigenvalue weighted by atomic mass is 35.5. The van der Waals surface area contributed by atoms with Crippen LogP contribution in [-0.4, -0.2) is 35.8 Å². The summed E-state index contributed by atoms with van der Waals surface area (Å²) in [6.45, 7) is 8.01. The summed E-state index contributed by atoms with van der Waals surface area (Å²) in [5, 5.41) is 4.54. The Bertz CT molecular complexity index is 1120. The van der Waals surface area contributed by atoms with Gasteiger partial charge in [0.05, 0.1) is 5.41 Å². The molecule has 2 aromatic carbocycles. The maximum atomic E-state index is 13.0. The number of hydrogen-bond donors (Lipinski definition) is 1. The Morgan fingerprint density at radius 3 is 2.47 bits per heavy atom. The lowest BCUT2D eigenvalue weighted by atomic mass is 9.56. The van der Waals surface area contributed by atoms with Crippen molar-refractivity contribution in [2.45, 2.75) is 57.9 Å². The number of benzene rings is 2.